The molecule has 1 aliphatic carbocycles. The molecule has 4 rings (SSSR count). The van der Waals surface area contributed by atoms with E-state index in [-0.39, 0.29) is 10.8 Å². The van der Waals surface area contributed by atoms with E-state index < -0.39 is 18.9 Å². The van der Waals surface area contributed by atoms with Crippen LogP contribution in [-0.4, -0.2) is 31.9 Å². The smallest absolute Gasteiger partial charge is 0.264 e. The number of hydrogen-bond donors (Lipinski definition) is 0. The van der Waals surface area contributed by atoms with Crippen molar-refractivity contribution in [3.63, 3.8) is 0 Å². The van der Waals surface area contributed by atoms with Crippen molar-refractivity contribution in [3.8, 4) is 5.75 Å². The van der Waals surface area contributed by atoms with E-state index in [0.29, 0.717) is 24.6 Å². The molecule has 0 bridgehead atoms. The van der Waals surface area contributed by atoms with E-state index in [1.807, 2.05) is 32.0 Å². The number of aryl methyl sites for hydroxylation is 1. The Balaban J connectivity index is 1.89. The van der Waals surface area contributed by atoms with Crippen molar-refractivity contribution < 1.29 is 17.9 Å². The molecule has 2 aromatic rings. The summed E-state index contributed by atoms with van der Waals surface area (Å²) < 4.78 is 39.5. The zero-order chi connectivity index (χ0) is 20.3. The molecule has 150 valence electrons. The van der Waals surface area contributed by atoms with E-state index in [2.05, 4.69) is 31.9 Å². The first kappa shape index (κ1) is 20.2. The Bertz CT molecular complexity index is 1020. The lowest BCUT2D eigenvalue weighted by Crippen LogP contribution is -2.39. The van der Waals surface area contributed by atoms with Gasteiger partial charge in [0.2, 0.25) is 0 Å². The molecule has 28 heavy (non-hydrogen) atoms. The van der Waals surface area contributed by atoms with E-state index >= 15 is 0 Å². The average Bonchev–Trinajstić information content (AvgIpc) is 3.16. The van der Waals surface area contributed by atoms with Gasteiger partial charge in [0.1, 0.15) is 14.6 Å². The summed E-state index contributed by atoms with van der Waals surface area (Å²) in [6, 6.07) is 12.4. The van der Waals surface area contributed by atoms with E-state index in [0.717, 1.165) is 11.1 Å². The van der Waals surface area contributed by atoms with Crippen molar-refractivity contribution in [1.82, 2.24) is 0 Å². The first-order valence-electron chi connectivity index (χ1n) is 9.00. The van der Waals surface area contributed by atoms with Gasteiger partial charge in [-0.15, -0.1) is 0 Å². The molecule has 2 aliphatic rings. The van der Waals surface area contributed by atoms with Crippen LogP contribution in [0.15, 0.2) is 47.4 Å². The summed E-state index contributed by atoms with van der Waals surface area (Å²) in [5, 5.41) is 0. The molecular weight excluding hydrogens is 510 g/mol. The molecule has 1 fully saturated rings. The number of ether oxygens (including phenoxy) is 2. The van der Waals surface area contributed by atoms with Gasteiger partial charge in [-0.25, -0.2) is 8.42 Å². The molecule has 1 saturated carbocycles. The summed E-state index contributed by atoms with van der Waals surface area (Å²) in [6.07, 6.45) is 0. The standard InChI is InChI=1S/C20H21Br2NO4S/c1-4-27-19-16-11-14(26-3)7-10-17(16)23(12-18(19)20(19,21)22)28(24,25)15-8-5-13(2)6-9-15/h5-11,18H,4,12H2,1-3H3. The fraction of sp³-hybridized carbons (Fsp3) is 0.400. The number of anilines is 1. The number of methoxy groups -OCH3 is 1. The Kier molecular flexibility index (Phi) is 4.85. The minimum Gasteiger partial charge on any atom is -0.497 e. The Morgan fingerprint density at radius 3 is 2.46 bits per heavy atom. The van der Waals surface area contributed by atoms with Gasteiger partial charge >= 0.3 is 0 Å². The minimum absolute atomic E-state index is 0.0835. The first-order chi connectivity index (χ1) is 13.2. The van der Waals surface area contributed by atoms with Gasteiger partial charge in [0.25, 0.3) is 10.0 Å². The molecule has 1 aliphatic heterocycles. The zero-order valence-corrected chi connectivity index (χ0v) is 19.8. The monoisotopic (exact) mass is 529 g/mol. The number of fused-ring (bicyclic) bond motifs is 3. The predicted octanol–water partition coefficient (Wildman–Crippen LogP) is 4.56. The summed E-state index contributed by atoms with van der Waals surface area (Å²) in [6.45, 7) is 4.70. The van der Waals surface area contributed by atoms with Crippen molar-refractivity contribution >= 4 is 47.6 Å². The SMILES string of the molecule is CCOC12c3cc(OC)ccc3N(S(=O)(=O)c3ccc(C)cc3)CC1C2(Br)Br. The Morgan fingerprint density at radius 1 is 1.18 bits per heavy atom. The van der Waals surface area contributed by atoms with Gasteiger partial charge in [0.15, 0.2) is 0 Å². The van der Waals surface area contributed by atoms with Gasteiger partial charge in [0.05, 0.1) is 17.7 Å². The molecule has 2 unspecified atom stereocenters. The molecule has 2 atom stereocenters. The highest BCUT2D eigenvalue weighted by Crippen LogP contribution is 2.75. The number of rotatable bonds is 5. The second-order valence-electron chi connectivity index (χ2n) is 7.08. The molecule has 0 N–H and O–H groups in total. The van der Waals surface area contributed by atoms with E-state index in [9.17, 15) is 8.42 Å². The number of halogens is 2. The molecule has 2 aromatic carbocycles. The van der Waals surface area contributed by atoms with Crippen LogP contribution in [0.2, 0.25) is 0 Å². The molecule has 0 aromatic heterocycles. The highest BCUT2D eigenvalue weighted by Gasteiger charge is 2.80. The number of alkyl halides is 2. The minimum atomic E-state index is -3.71. The molecule has 0 radical (unpaired) electrons. The molecular formula is C20H21Br2NO4S. The van der Waals surface area contributed by atoms with Gasteiger partial charge in [-0.2, -0.15) is 0 Å². The molecule has 0 amide bonds. The third kappa shape index (κ3) is 2.68. The fourth-order valence-corrected chi connectivity index (χ4v) is 7.46. The second kappa shape index (κ2) is 6.72. The van der Waals surface area contributed by atoms with Gasteiger partial charge in [-0.3, -0.25) is 4.31 Å². The average molecular weight is 531 g/mol. The van der Waals surface area contributed by atoms with Crippen molar-refractivity contribution in [2.24, 2.45) is 5.92 Å². The van der Waals surface area contributed by atoms with E-state index in [1.165, 1.54) is 4.31 Å². The molecule has 5 nitrogen and oxygen atoms in total. The van der Waals surface area contributed by atoms with Crippen molar-refractivity contribution in [2.45, 2.75) is 27.6 Å². The Hall–Kier alpha value is -1.09. The molecule has 0 saturated heterocycles. The first-order valence-corrected chi connectivity index (χ1v) is 12.0. The van der Waals surface area contributed by atoms with Crippen LogP contribution in [0.5, 0.6) is 5.75 Å². The molecule has 8 heteroatoms. The normalized spacial score (nSPS) is 25.0. The Morgan fingerprint density at radius 2 is 1.86 bits per heavy atom. The van der Waals surface area contributed by atoms with Crippen molar-refractivity contribution in [2.75, 3.05) is 24.6 Å². The zero-order valence-electron chi connectivity index (χ0n) is 15.8. The largest absolute Gasteiger partial charge is 0.497 e. The summed E-state index contributed by atoms with van der Waals surface area (Å²) in [5.74, 6) is 0.577. The number of hydrogen-bond acceptors (Lipinski definition) is 4. The lowest BCUT2D eigenvalue weighted by molar-refractivity contribution is 0.0253. The third-order valence-electron chi connectivity index (χ3n) is 5.54. The van der Waals surface area contributed by atoms with Crippen molar-refractivity contribution in [3.05, 3.63) is 53.6 Å². The van der Waals surface area contributed by atoms with Crippen LogP contribution in [0.1, 0.15) is 18.1 Å². The van der Waals surface area contributed by atoms with Crippen LogP contribution in [-0.2, 0) is 20.4 Å². The van der Waals surface area contributed by atoms with E-state index in [1.54, 1.807) is 31.4 Å². The number of sulfonamides is 1. The number of nitrogens with zero attached hydrogens (tertiary/aromatic N) is 1. The Labute approximate surface area is 182 Å². The molecule has 0 spiro atoms. The maximum Gasteiger partial charge on any atom is 0.264 e. The highest BCUT2D eigenvalue weighted by molar-refractivity contribution is 9.25. The summed E-state index contributed by atoms with van der Waals surface area (Å²) >= 11 is 7.49. The maximum absolute atomic E-state index is 13.5. The maximum atomic E-state index is 13.5. The van der Waals surface area contributed by atoms with Gasteiger partial charge in [-0.05, 0) is 44.2 Å². The summed E-state index contributed by atoms with van der Waals surface area (Å²) in [7, 11) is -2.12. The van der Waals surface area contributed by atoms with Crippen LogP contribution in [0.25, 0.3) is 0 Å². The van der Waals surface area contributed by atoms with Gasteiger partial charge in [0, 0.05) is 24.6 Å². The van der Waals surface area contributed by atoms with Crippen molar-refractivity contribution in [1.29, 1.82) is 0 Å². The lowest BCUT2D eigenvalue weighted by atomic mass is 9.99. The predicted molar refractivity (Wildman–Crippen MR) is 116 cm³/mol. The summed E-state index contributed by atoms with van der Waals surface area (Å²) in [4.78, 5) is 0.277. The fourth-order valence-electron chi connectivity index (χ4n) is 4.05. The lowest BCUT2D eigenvalue weighted by Gasteiger charge is -2.34. The van der Waals surface area contributed by atoms with E-state index in [4.69, 9.17) is 9.47 Å². The van der Waals surface area contributed by atoms with Crippen LogP contribution >= 0.6 is 31.9 Å². The van der Waals surface area contributed by atoms with Crippen LogP contribution in [0.4, 0.5) is 5.69 Å². The van der Waals surface area contributed by atoms with Crippen LogP contribution in [0, 0.1) is 12.8 Å². The third-order valence-corrected chi connectivity index (χ3v) is 9.62. The second-order valence-corrected chi connectivity index (χ2v) is 12.5. The van der Waals surface area contributed by atoms with Gasteiger partial charge < -0.3 is 9.47 Å². The quantitative estimate of drug-likeness (QED) is 0.532. The number of benzene rings is 2. The summed E-state index contributed by atoms with van der Waals surface area (Å²) in [5.41, 5.74) is 1.78. The van der Waals surface area contributed by atoms with Gasteiger partial charge in [-0.1, -0.05) is 49.6 Å². The van der Waals surface area contributed by atoms with Crippen LogP contribution in [0.3, 0.4) is 0 Å². The highest BCUT2D eigenvalue weighted by atomic mass is 79.9. The van der Waals surface area contributed by atoms with Crippen LogP contribution < -0.4 is 9.04 Å². The topological polar surface area (TPSA) is 55.8 Å². The molecule has 1 heterocycles.